The van der Waals surface area contributed by atoms with Gasteiger partial charge < -0.3 is 13.6 Å². The van der Waals surface area contributed by atoms with E-state index < -0.39 is 16.6 Å². The van der Waals surface area contributed by atoms with Crippen molar-refractivity contribution in [2.24, 2.45) is 0 Å². The normalized spacial score (nSPS) is 13.3. The van der Waals surface area contributed by atoms with Crippen LogP contribution in [0.15, 0.2) is 35.4 Å². The highest BCUT2D eigenvalue weighted by Crippen LogP contribution is 2.44. The predicted molar refractivity (Wildman–Crippen MR) is 160 cm³/mol. The van der Waals surface area contributed by atoms with Crippen LogP contribution in [0.5, 0.6) is 17.2 Å². The van der Waals surface area contributed by atoms with Crippen molar-refractivity contribution >= 4 is 22.4 Å². The molecule has 0 radical (unpaired) electrons. The number of carbonyl (C=O) groups excluding carboxylic acids is 1. The maximum Gasteiger partial charge on any atom is 0.250 e. The van der Waals surface area contributed by atoms with E-state index in [1.165, 1.54) is 11.1 Å². The smallest absolute Gasteiger partial charge is 0.250 e. The van der Waals surface area contributed by atoms with Gasteiger partial charge in [0.1, 0.15) is 29.4 Å². The molecule has 0 aliphatic carbocycles. The van der Waals surface area contributed by atoms with Crippen LogP contribution in [0.1, 0.15) is 92.4 Å². The number of carbonyl (C=O) groups is 1. The Balaban J connectivity index is 3.49. The van der Waals surface area contributed by atoms with Crippen molar-refractivity contribution in [1.82, 2.24) is 0 Å². The summed E-state index contributed by atoms with van der Waals surface area (Å²) in [5, 5.41) is 0.0301. The quantitative estimate of drug-likeness (QED) is 0.162. The molecule has 1 aromatic rings. The molecule has 6 heteroatoms. The lowest BCUT2D eigenvalue weighted by molar-refractivity contribution is 0.101. The average molecular weight is 533 g/mol. The predicted octanol–water partition coefficient (Wildman–Crippen LogP) is 9.73. The standard InChI is InChI=1S/C30H52O4Si2/c1-22(2)16-15-17-23(3)18-19-32-26-20-25(33-35(11,12)29(5,6)7)21-27(28(26)24(4)31)34-36(13,14)30(8,9)10/h16,18,20-21H,15,17,19H2,1-14H3/b23-18+. The lowest BCUT2D eigenvalue weighted by Crippen LogP contribution is -2.44. The number of Topliss-reactive ketones (excluding diaryl/α,β-unsaturated/α-hetero) is 1. The molecule has 1 aromatic carbocycles. The van der Waals surface area contributed by atoms with E-state index in [1.807, 2.05) is 12.1 Å². The summed E-state index contributed by atoms with van der Waals surface area (Å²) in [6.45, 7) is 30.4. The lowest BCUT2D eigenvalue weighted by Gasteiger charge is -2.38. The molecular formula is C30H52O4Si2. The molecule has 0 aliphatic heterocycles. The topological polar surface area (TPSA) is 44.8 Å². The molecule has 0 unspecified atom stereocenters. The fourth-order valence-corrected chi connectivity index (χ4v) is 5.04. The Labute approximate surface area is 223 Å². The van der Waals surface area contributed by atoms with E-state index in [-0.39, 0.29) is 15.9 Å². The summed E-state index contributed by atoms with van der Waals surface area (Å²) in [4.78, 5) is 12.9. The Morgan fingerprint density at radius 1 is 0.806 bits per heavy atom. The maximum atomic E-state index is 12.9. The number of ketones is 1. The molecule has 0 fully saturated rings. The van der Waals surface area contributed by atoms with Crippen LogP contribution in [0.25, 0.3) is 0 Å². The number of hydrogen-bond acceptors (Lipinski definition) is 4. The molecule has 0 bridgehead atoms. The number of ether oxygens (including phenoxy) is 1. The van der Waals surface area contributed by atoms with Gasteiger partial charge in [-0.1, -0.05) is 58.8 Å². The van der Waals surface area contributed by atoms with Crippen LogP contribution in [0.3, 0.4) is 0 Å². The van der Waals surface area contributed by atoms with Crippen LogP contribution in [0, 0.1) is 0 Å². The molecule has 0 spiro atoms. The summed E-state index contributed by atoms with van der Waals surface area (Å²) < 4.78 is 19.6. The van der Waals surface area contributed by atoms with E-state index in [0.29, 0.717) is 29.4 Å². The molecule has 36 heavy (non-hydrogen) atoms. The van der Waals surface area contributed by atoms with Crippen LogP contribution in [0.4, 0.5) is 0 Å². The number of hydrogen-bond donors (Lipinski definition) is 0. The number of rotatable bonds is 11. The van der Waals surface area contributed by atoms with E-state index >= 15 is 0 Å². The third kappa shape index (κ3) is 9.26. The van der Waals surface area contributed by atoms with Crippen molar-refractivity contribution < 1.29 is 18.4 Å². The fraction of sp³-hybridized carbons (Fsp3) is 0.633. The first-order valence-electron chi connectivity index (χ1n) is 13.2. The summed E-state index contributed by atoms with van der Waals surface area (Å²) in [6.07, 6.45) is 6.35. The second-order valence-electron chi connectivity index (χ2n) is 13.3. The van der Waals surface area contributed by atoms with Crippen LogP contribution in [0.2, 0.25) is 36.3 Å². The molecule has 4 nitrogen and oxygen atoms in total. The molecule has 0 atom stereocenters. The minimum Gasteiger partial charge on any atom is -0.543 e. The molecule has 0 N–H and O–H groups in total. The highest BCUT2D eigenvalue weighted by atomic mass is 28.4. The van der Waals surface area contributed by atoms with Crippen LogP contribution < -0.4 is 13.6 Å². The summed E-state index contributed by atoms with van der Waals surface area (Å²) in [5.41, 5.74) is 3.10. The van der Waals surface area contributed by atoms with Gasteiger partial charge >= 0.3 is 0 Å². The Bertz CT molecular complexity index is 970. The Morgan fingerprint density at radius 2 is 1.31 bits per heavy atom. The second kappa shape index (κ2) is 12.2. The van der Waals surface area contributed by atoms with Crippen molar-refractivity contribution in [3.05, 3.63) is 41.0 Å². The Hall–Kier alpha value is -1.80. The largest absolute Gasteiger partial charge is 0.543 e. The van der Waals surface area contributed by atoms with Gasteiger partial charge in [-0.3, -0.25) is 4.79 Å². The Morgan fingerprint density at radius 3 is 1.78 bits per heavy atom. The molecule has 0 aliphatic rings. The van der Waals surface area contributed by atoms with Gasteiger partial charge in [0.2, 0.25) is 8.32 Å². The first kappa shape index (κ1) is 32.2. The van der Waals surface area contributed by atoms with Crippen molar-refractivity contribution in [1.29, 1.82) is 0 Å². The molecular weight excluding hydrogens is 480 g/mol. The van der Waals surface area contributed by atoms with E-state index in [0.717, 1.165) is 12.8 Å². The SMILES string of the molecule is CC(=O)c1c(OC/C=C(\C)CCC=C(C)C)cc(O[Si](C)(C)C(C)(C)C)cc1O[Si](C)(C)C(C)(C)C. The minimum atomic E-state index is -2.21. The summed E-state index contributed by atoms with van der Waals surface area (Å²) in [5.74, 6) is 1.74. The van der Waals surface area contributed by atoms with Gasteiger partial charge in [-0.05, 0) is 82.9 Å². The highest BCUT2D eigenvalue weighted by molar-refractivity contribution is 6.75. The van der Waals surface area contributed by atoms with Gasteiger partial charge in [0.25, 0.3) is 8.32 Å². The zero-order chi connectivity index (χ0) is 28.1. The first-order valence-corrected chi connectivity index (χ1v) is 19.0. The molecule has 0 saturated heterocycles. The molecule has 0 saturated carbocycles. The third-order valence-electron chi connectivity index (χ3n) is 7.50. The first-order chi connectivity index (χ1) is 16.2. The lowest BCUT2D eigenvalue weighted by atomic mass is 10.1. The zero-order valence-electron chi connectivity index (χ0n) is 25.6. The summed E-state index contributed by atoms with van der Waals surface area (Å²) in [6, 6.07) is 3.78. The monoisotopic (exact) mass is 532 g/mol. The van der Waals surface area contributed by atoms with Gasteiger partial charge in [-0.25, -0.2) is 0 Å². The van der Waals surface area contributed by atoms with Gasteiger partial charge in [0.05, 0.1) is 0 Å². The molecule has 0 aromatic heterocycles. The van der Waals surface area contributed by atoms with Gasteiger partial charge in [-0.15, -0.1) is 0 Å². The molecule has 0 heterocycles. The van der Waals surface area contributed by atoms with E-state index in [2.05, 4.69) is 101 Å². The van der Waals surface area contributed by atoms with Crippen LogP contribution >= 0.6 is 0 Å². The summed E-state index contributed by atoms with van der Waals surface area (Å²) >= 11 is 0. The highest BCUT2D eigenvalue weighted by Gasteiger charge is 2.41. The van der Waals surface area contributed by atoms with Crippen LogP contribution in [-0.4, -0.2) is 29.0 Å². The third-order valence-corrected chi connectivity index (χ3v) is 16.2. The van der Waals surface area contributed by atoms with E-state index in [9.17, 15) is 4.79 Å². The fourth-order valence-electron chi connectivity index (χ4n) is 3.01. The minimum absolute atomic E-state index is 0.0104. The van der Waals surface area contributed by atoms with Crippen molar-refractivity contribution in [3.63, 3.8) is 0 Å². The molecule has 1 rings (SSSR count). The van der Waals surface area contributed by atoms with Gasteiger partial charge in [0.15, 0.2) is 5.78 Å². The van der Waals surface area contributed by atoms with Gasteiger partial charge in [0, 0.05) is 12.1 Å². The van der Waals surface area contributed by atoms with Crippen LogP contribution in [-0.2, 0) is 0 Å². The molecule has 204 valence electrons. The van der Waals surface area contributed by atoms with Crippen molar-refractivity contribution in [2.75, 3.05) is 6.61 Å². The van der Waals surface area contributed by atoms with E-state index in [4.69, 9.17) is 13.6 Å². The van der Waals surface area contributed by atoms with E-state index in [1.54, 1.807) is 6.92 Å². The van der Waals surface area contributed by atoms with Crippen molar-refractivity contribution in [2.45, 2.75) is 118 Å². The summed E-state index contributed by atoms with van der Waals surface area (Å²) in [7, 11) is -4.31. The number of allylic oxidation sites excluding steroid dienone is 3. The van der Waals surface area contributed by atoms with Crippen molar-refractivity contribution in [3.8, 4) is 17.2 Å². The average Bonchev–Trinajstić information content (AvgIpc) is 2.64. The Kier molecular flexibility index (Phi) is 10.9. The van der Waals surface area contributed by atoms with Gasteiger partial charge in [-0.2, -0.15) is 0 Å². The molecule has 0 amide bonds. The maximum absolute atomic E-state index is 12.9. The second-order valence-corrected chi connectivity index (χ2v) is 22.7. The zero-order valence-corrected chi connectivity index (χ0v) is 27.6. The number of benzene rings is 1.